The smallest absolute Gasteiger partial charge is 0.297 e. The van der Waals surface area contributed by atoms with Gasteiger partial charge in [0, 0.05) is 25.2 Å². The zero-order valence-corrected chi connectivity index (χ0v) is 21.3. The lowest BCUT2D eigenvalue weighted by Gasteiger charge is -2.32. The van der Waals surface area contributed by atoms with E-state index in [9.17, 15) is 43.5 Å². The third kappa shape index (κ3) is 4.93. The van der Waals surface area contributed by atoms with Gasteiger partial charge in [-0.1, -0.05) is 60.7 Å². The summed E-state index contributed by atoms with van der Waals surface area (Å²) in [4.78, 5) is 1.39. The molecule has 1 saturated heterocycles. The molecule has 4 rings (SSSR count). The maximum Gasteiger partial charge on any atom is 0.435 e. The van der Waals surface area contributed by atoms with Crippen molar-refractivity contribution in [1.29, 1.82) is 0 Å². The molecular weight excluding hydrogens is 554 g/mol. The van der Waals surface area contributed by atoms with Crippen LogP contribution in [0.2, 0.25) is 0 Å². The van der Waals surface area contributed by atoms with E-state index in [0.29, 0.717) is 18.7 Å². The Bertz CT molecular complexity index is 1420. The van der Waals surface area contributed by atoms with Gasteiger partial charge in [0.2, 0.25) is 0 Å². The van der Waals surface area contributed by atoms with Crippen LogP contribution in [-0.2, 0) is 26.8 Å². The van der Waals surface area contributed by atoms with Crippen molar-refractivity contribution in [3.63, 3.8) is 0 Å². The molecule has 0 spiro atoms. The summed E-state index contributed by atoms with van der Waals surface area (Å²) in [6.07, 6.45) is -12.7. The van der Waals surface area contributed by atoms with Crippen molar-refractivity contribution in [3.05, 3.63) is 101 Å². The van der Waals surface area contributed by atoms with Crippen molar-refractivity contribution in [2.75, 3.05) is 13.1 Å². The molecule has 0 saturated carbocycles. The summed E-state index contributed by atoms with van der Waals surface area (Å²) in [5.74, 6) is -0.793. The lowest BCUT2D eigenvalue weighted by Crippen LogP contribution is -2.50. The number of nitrogens with zero attached hydrogens (tertiary/aromatic N) is 1. The average Bonchev–Trinajstić information content (AvgIpc) is 3.30. The third-order valence-corrected chi connectivity index (χ3v) is 9.59. The maximum atomic E-state index is 14.6. The molecule has 1 unspecified atom stereocenters. The molecule has 39 heavy (non-hydrogen) atoms. The van der Waals surface area contributed by atoms with Gasteiger partial charge in [-0.3, -0.25) is 4.90 Å². The number of aryl methyl sites for hydroxylation is 1. The molecule has 3 nitrogen and oxygen atoms in total. The maximum absolute atomic E-state index is 14.6. The molecule has 1 aliphatic rings. The second-order valence-corrected chi connectivity index (χ2v) is 11.8. The first-order chi connectivity index (χ1) is 18.0. The first kappa shape index (κ1) is 29.0. The van der Waals surface area contributed by atoms with Crippen LogP contribution in [0, 0.1) is 12.7 Å². The van der Waals surface area contributed by atoms with Gasteiger partial charge in [0.1, 0.15) is 10.6 Å². The van der Waals surface area contributed by atoms with Crippen LogP contribution < -0.4 is 0 Å². The third-order valence-electron chi connectivity index (χ3n) is 7.12. The SMILES string of the molecule is Cc1ccc(S(=O)(=O)C2(c3ccc(C(F)(C(F)(F)F)C(F)(F)F)cc3)CCN(Cc3ccccc3)C2)cc1F. The number of likely N-dealkylation sites (tertiary alicyclic amines) is 1. The molecule has 0 aromatic heterocycles. The number of sulfone groups is 1. The van der Waals surface area contributed by atoms with E-state index in [1.165, 1.54) is 19.1 Å². The van der Waals surface area contributed by atoms with Crippen LogP contribution in [-0.4, -0.2) is 38.8 Å². The van der Waals surface area contributed by atoms with Crippen LogP contribution in [0.5, 0.6) is 0 Å². The van der Waals surface area contributed by atoms with E-state index in [-0.39, 0.29) is 35.5 Å². The fraction of sp³-hybridized carbons (Fsp3) is 0.333. The zero-order chi connectivity index (χ0) is 28.9. The van der Waals surface area contributed by atoms with Crippen molar-refractivity contribution in [2.45, 2.75) is 47.6 Å². The van der Waals surface area contributed by atoms with Crippen LogP contribution >= 0.6 is 0 Å². The van der Waals surface area contributed by atoms with Crippen LogP contribution in [0.3, 0.4) is 0 Å². The van der Waals surface area contributed by atoms with Crippen molar-refractivity contribution < 1.29 is 43.5 Å². The van der Waals surface area contributed by atoms with Crippen molar-refractivity contribution in [1.82, 2.24) is 4.90 Å². The molecule has 12 heteroatoms. The summed E-state index contributed by atoms with van der Waals surface area (Å²) in [5, 5.41) is 0. The second-order valence-electron chi connectivity index (χ2n) is 9.59. The fourth-order valence-electron chi connectivity index (χ4n) is 4.90. The predicted molar refractivity (Wildman–Crippen MR) is 128 cm³/mol. The molecule has 0 bridgehead atoms. The van der Waals surface area contributed by atoms with Gasteiger partial charge in [0.15, 0.2) is 9.84 Å². The lowest BCUT2D eigenvalue weighted by atomic mass is 9.90. The molecule has 1 fully saturated rings. The Morgan fingerprint density at radius 1 is 0.846 bits per heavy atom. The number of benzene rings is 3. The molecule has 3 aromatic rings. The highest BCUT2D eigenvalue weighted by molar-refractivity contribution is 7.92. The Morgan fingerprint density at radius 3 is 1.97 bits per heavy atom. The van der Waals surface area contributed by atoms with Crippen LogP contribution in [0.15, 0.2) is 77.7 Å². The molecule has 1 aliphatic heterocycles. The average molecular weight is 578 g/mol. The lowest BCUT2D eigenvalue weighted by molar-refractivity contribution is -0.348. The van der Waals surface area contributed by atoms with E-state index in [1.807, 2.05) is 12.1 Å². The Balaban J connectivity index is 1.82. The predicted octanol–water partition coefficient (Wildman–Crippen LogP) is 7.00. The quantitative estimate of drug-likeness (QED) is 0.296. The standard InChI is InChI=1S/C27H23F8NO2S/c1-18-7-12-22(15-23(18)28)39(37,38)24(13-14-36(17-24)16-19-5-3-2-4-6-19)20-8-10-21(11-9-20)25(29,26(30,31)32)27(33,34)35/h2-12,15H,13-14,16-17H2,1H3. The summed E-state index contributed by atoms with van der Waals surface area (Å²) < 4.78 is 135. The Morgan fingerprint density at radius 2 is 1.44 bits per heavy atom. The molecule has 0 radical (unpaired) electrons. The van der Waals surface area contributed by atoms with Crippen molar-refractivity contribution in [2.24, 2.45) is 0 Å². The highest BCUT2D eigenvalue weighted by Gasteiger charge is 2.73. The second kappa shape index (κ2) is 9.88. The van der Waals surface area contributed by atoms with Gasteiger partial charge in [-0.25, -0.2) is 17.2 Å². The van der Waals surface area contributed by atoms with Gasteiger partial charge in [0.25, 0.3) is 0 Å². The van der Waals surface area contributed by atoms with Crippen LogP contribution in [0.25, 0.3) is 0 Å². The van der Waals surface area contributed by atoms with Crippen molar-refractivity contribution in [3.8, 4) is 0 Å². The van der Waals surface area contributed by atoms with Crippen LogP contribution in [0.4, 0.5) is 35.1 Å². The van der Waals surface area contributed by atoms with E-state index >= 15 is 0 Å². The molecule has 0 amide bonds. The Labute approximate surface area is 220 Å². The minimum Gasteiger partial charge on any atom is -0.297 e. The van der Waals surface area contributed by atoms with Gasteiger partial charge in [-0.2, -0.15) is 26.3 Å². The number of halogens is 8. The molecule has 1 heterocycles. The van der Waals surface area contributed by atoms with E-state index in [2.05, 4.69) is 0 Å². The topological polar surface area (TPSA) is 37.4 Å². The first-order valence-electron chi connectivity index (χ1n) is 11.7. The molecule has 210 valence electrons. The van der Waals surface area contributed by atoms with E-state index in [0.717, 1.165) is 23.8 Å². The van der Waals surface area contributed by atoms with Crippen molar-refractivity contribution >= 4 is 9.84 Å². The van der Waals surface area contributed by atoms with Gasteiger partial charge < -0.3 is 0 Å². The Hall–Kier alpha value is -2.99. The number of hydrogen-bond donors (Lipinski definition) is 0. The van der Waals surface area contributed by atoms with E-state index < -0.39 is 44.0 Å². The summed E-state index contributed by atoms with van der Waals surface area (Å²) in [6, 6.07) is 14.5. The van der Waals surface area contributed by atoms with Gasteiger partial charge in [-0.15, -0.1) is 0 Å². The van der Waals surface area contributed by atoms with Gasteiger partial charge in [-0.05, 0) is 42.2 Å². The monoisotopic (exact) mass is 577 g/mol. The number of hydrogen-bond acceptors (Lipinski definition) is 3. The van der Waals surface area contributed by atoms with Gasteiger partial charge >= 0.3 is 18.0 Å². The normalized spacial score (nSPS) is 19.4. The van der Waals surface area contributed by atoms with Gasteiger partial charge in [0.05, 0.1) is 4.90 Å². The minimum absolute atomic E-state index is 0.0870. The minimum atomic E-state index is -6.31. The van der Waals surface area contributed by atoms with E-state index in [1.54, 1.807) is 23.1 Å². The first-order valence-corrected chi connectivity index (χ1v) is 13.2. The molecule has 0 N–H and O–H groups in total. The largest absolute Gasteiger partial charge is 0.435 e. The van der Waals surface area contributed by atoms with E-state index in [4.69, 9.17) is 0 Å². The molecular formula is C27H23F8NO2S. The fourth-order valence-corrected chi connectivity index (χ4v) is 7.02. The summed E-state index contributed by atoms with van der Waals surface area (Å²) >= 11 is 0. The molecule has 3 aromatic carbocycles. The number of alkyl halides is 7. The summed E-state index contributed by atoms with van der Waals surface area (Å²) in [6.45, 7) is 1.77. The number of rotatable bonds is 6. The highest BCUT2D eigenvalue weighted by atomic mass is 32.2. The zero-order valence-electron chi connectivity index (χ0n) is 20.5. The molecule has 1 atom stereocenters. The Kier molecular flexibility index (Phi) is 7.35. The highest BCUT2D eigenvalue weighted by Crippen LogP contribution is 2.54. The summed E-state index contributed by atoms with van der Waals surface area (Å²) in [7, 11) is -4.44. The van der Waals surface area contributed by atoms with Crippen LogP contribution in [0.1, 0.15) is 28.7 Å². The molecule has 0 aliphatic carbocycles. The summed E-state index contributed by atoms with van der Waals surface area (Å²) in [5.41, 5.74) is -6.48.